The SMILES string of the molecule is CNc1ncnc(Oc2cc(Cl)c(Cl)cc2Cl)c1Br. The van der Waals surface area contributed by atoms with Gasteiger partial charge in [0.05, 0.1) is 15.1 Å². The number of halogens is 4. The van der Waals surface area contributed by atoms with Crippen LogP contribution in [0.5, 0.6) is 11.6 Å². The summed E-state index contributed by atoms with van der Waals surface area (Å²) in [4.78, 5) is 8.04. The molecule has 100 valence electrons. The lowest BCUT2D eigenvalue weighted by molar-refractivity contribution is 0.459. The van der Waals surface area contributed by atoms with Crippen LogP contribution in [0.4, 0.5) is 5.82 Å². The van der Waals surface area contributed by atoms with Crippen LogP contribution in [0.25, 0.3) is 0 Å². The predicted molar refractivity (Wildman–Crippen MR) is 80.8 cm³/mol. The Kier molecular flexibility index (Phi) is 4.73. The van der Waals surface area contributed by atoms with E-state index in [1.807, 2.05) is 0 Å². The summed E-state index contributed by atoms with van der Waals surface area (Å²) in [7, 11) is 1.74. The standard InChI is InChI=1S/C11H7BrCl3N3O/c1-16-10-9(12)11(18-4-17-10)19-8-3-6(14)5(13)2-7(8)15/h2-4H,1H3,(H,16,17,18). The molecule has 0 aliphatic carbocycles. The molecule has 0 aliphatic heterocycles. The van der Waals surface area contributed by atoms with Crippen molar-refractivity contribution in [2.24, 2.45) is 0 Å². The number of ether oxygens (including phenoxy) is 1. The molecule has 0 saturated carbocycles. The van der Waals surface area contributed by atoms with E-state index in [-0.39, 0.29) is 0 Å². The molecular formula is C11H7BrCl3N3O. The van der Waals surface area contributed by atoms with Crippen LogP contribution in [0.15, 0.2) is 22.9 Å². The van der Waals surface area contributed by atoms with Gasteiger partial charge in [-0.25, -0.2) is 9.97 Å². The van der Waals surface area contributed by atoms with Crippen molar-refractivity contribution in [2.45, 2.75) is 0 Å². The average molecular weight is 383 g/mol. The lowest BCUT2D eigenvalue weighted by atomic mass is 10.3. The first kappa shape index (κ1) is 14.7. The monoisotopic (exact) mass is 381 g/mol. The summed E-state index contributed by atoms with van der Waals surface area (Å²) in [5.41, 5.74) is 0. The van der Waals surface area contributed by atoms with Crippen LogP contribution < -0.4 is 10.1 Å². The molecule has 1 N–H and O–H groups in total. The van der Waals surface area contributed by atoms with Crippen molar-refractivity contribution in [3.63, 3.8) is 0 Å². The molecule has 0 spiro atoms. The normalized spacial score (nSPS) is 10.4. The summed E-state index contributed by atoms with van der Waals surface area (Å²) in [6, 6.07) is 3.04. The van der Waals surface area contributed by atoms with Crippen molar-refractivity contribution in [3.05, 3.63) is 38.0 Å². The number of aromatic nitrogens is 2. The zero-order valence-corrected chi connectivity index (χ0v) is 13.4. The third-order valence-electron chi connectivity index (χ3n) is 2.18. The summed E-state index contributed by atoms with van der Waals surface area (Å²) >= 11 is 21.2. The van der Waals surface area contributed by atoms with Crippen LogP contribution >= 0.6 is 50.7 Å². The molecule has 1 aromatic heterocycles. The maximum atomic E-state index is 6.03. The molecule has 0 atom stereocenters. The summed E-state index contributed by atoms with van der Waals surface area (Å²) in [6.45, 7) is 0. The Morgan fingerprint density at radius 2 is 1.79 bits per heavy atom. The molecule has 4 nitrogen and oxygen atoms in total. The van der Waals surface area contributed by atoms with Gasteiger partial charge in [-0.2, -0.15) is 0 Å². The molecule has 1 aromatic carbocycles. The van der Waals surface area contributed by atoms with Gasteiger partial charge in [0.15, 0.2) is 0 Å². The van der Waals surface area contributed by atoms with Gasteiger partial charge < -0.3 is 10.1 Å². The minimum Gasteiger partial charge on any atom is -0.436 e. The lowest BCUT2D eigenvalue weighted by Crippen LogP contribution is -1.98. The van der Waals surface area contributed by atoms with E-state index in [2.05, 4.69) is 31.2 Å². The Bertz CT molecular complexity index is 624. The van der Waals surface area contributed by atoms with E-state index in [1.54, 1.807) is 7.05 Å². The van der Waals surface area contributed by atoms with E-state index in [9.17, 15) is 0 Å². The molecule has 19 heavy (non-hydrogen) atoms. The average Bonchev–Trinajstić information content (AvgIpc) is 2.38. The van der Waals surface area contributed by atoms with Crippen LogP contribution in [0.1, 0.15) is 0 Å². The van der Waals surface area contributed by atoms with Crippen molar-refractivity contribution in [2.75, 3.05) is 12.4 Å². The van der Waals surface area contributed by atoms with Gasteiger partial charge in [0.1, 0.15) is 22.4 Å². The molecule has 0 bridgehead atoms. The first-order valence-corrected chi connectivity index (χ1v) is 6.96. The van der Waals surface area contributed by atoms with Crippen molar-refractivity contribution >= 4 is 56.6 Å². The van der Waals surface area contributed by atoms with Crippen molar-refractivity contribution in [1.29, 1.82) is 0 Å². The van der Waals surface area contributed by atoms with Gasteiger partial charge in [-0.3, -0.25) is 0 Å². The maximum absolute atomic E-state index is 6.03. The predicted octanol–water partition coefficient (Wildman–Crippen LogP) is 5.03. The number of nitrogens with one attached hydrogen (secondary N) is 1. The molecule has 2 rings (SSSR count). The first-order chi connectivity index (χ1) is 9.02. The fourth-order valence-electron chi connectivity index (χ4n) is 1.29. The van der Waals surface area contributed by atoms with Gasteiger partial charge in [0.2, 0.25) is 5.88 Å². The zero-order chi connectivity index (χ0) is 14.0. The number of hydrogen-bond donors (Lipinski definition) is 1. The Morgan fingerprint density at radius 1 is 1.11 bits per heavy atom. The highest BCUT2D eigenvalue weighted by Crippen LogP contribution is 2.38. The van der Waals surface area contributed by atoms with E-state index in [1.165, 1.54) is 18.5 Å². The van der Waals surface area contributed by atoms with Crippen molar-refractivity contribution in [3.8, 4) is 11.6 Å². The van der Waals surface area contributed by atoms with Crippen LogP contribution in [0, 0.1) is 0 Å². The van der Waals surface area contributed by atoms with E-state index >= 15 is 0 Å². The molecular weight excluding hydrogens is 376 g/mol. The van der Waals surface area contributed by atoms with Crippen molar-refractivity contribution < 1.29 is 4.74 Å². The molecule has 0 aliphatic rings. The van der Waals surface area contributed by atoms with Crippen LogP contribution in [-0.2, 0) is 0 Å². The van der Waals surface area contributed by atoms with Crippen LogP contribution in [0.2, 0.25) is 15.1 Å². The highest BCUT2D eigenvalue weighted by Gasteiger charge is 2.13. The summed E-state index contributed by atoms with van der Waals surface area (Å²) < 4.78 is 6.19. The second-order valence-electron chi connectivity index (χ2n) is 3.39. The number of hydrogen-bond acceptors (Lipinski definition) is 4. The van der Waals surface area contributed by atoms with Crippen molar-refractivity contribution in [1.82, 2.24) is 9.97 Å². The van der Waals surface area contributed by atoms with E-state index in [0.717, 1.165) is 0 Å². The second-order valence-corrected chi connectivity index (χ2v) is 5.40. The van der Waals surface area contributed by atoms with Gasteiger partial charge in [-0.15, -0.1) is 0 Å². The largest absolute Gasteiger partial charge is 0.436 e. The molecule has 2 aromatic rings. The number of rotatable bonds is 3. The molecule has 0 amide bonds. The Balaban J connectivity index is 2.39. The Labute approximate surface area is 133 Å². The highest BCUT2D eigenvalue weighted by atomic mass is 79.9. The molecule has 0 unspecified atom stereocenters. The maximum Gasteiger partial charge on any atom is 0.238 e. The van der Waals surface area contributed by atoms with Crippen LogP contribution in [-0.4, -0.2) is 17.0 Å². The summed E-state index contributed by atoms with van der Waals surface area (Å²) in [6.07, 6.45) is 1.37. The minimum absolute atomic E-state index is 0.319. The van der Waals surface area contributed by atoms with Gasteiger partial charge in [-0.05, 0) is 22.0 Å². The quantitative estimate of drug-likeness (QED) is 0.755. The molecule has 0 radical (unpaired) electrons. The van der Waals surface area contributed by atoms with Gasteiger partial charge in [-0.1, -0.05) is 34.8 Å². The first-order valence-electron chi connectivity index (χ1n) is 5.03. The van der Waals surface area contributed by atoms with Gasteiger partial charge in [0, 0.05) is 13.1 Å². The third-order valence-corrected chi connectivity index (χ3v) is 3.91. The third kappa shape index (κ3) is 3.23. The smallest absolute Gasteiger partial charge is 0.238 e. The minimum atomic E-state index is 0.319. The number of nitrogens with zero attached hydrogens (tertiary/aromatic N) is 2. The number of anilines is 1. The molecule has 8 heteroatoms. The summed E-state index contributed by atoms with van der Waals surface area (Å²) in [5.74, 6) is 1.28. The van der Waals surface area contributed by atoms with E-state index in [4.69, 9.17) is 39.5 Å². The second kappa shape index (κ2) is 6.13. The topological polar surface area (TPSA) is 47.0 Å². The summed E-state index contributed by atoms with van der Waals surface area (Å²) in [5, 5.41) is 3.94. The van der Waals surface area contributed by atoms with Gasteiger partial charge >= 0.3 is 0 Å². The van der Waals surface area contributed by atoms with E-state index < -0.39 is 0 Å². The fourth-order valence-corrected chi connectivity index (χ4v) is 2.35. The fraction of sp³-hybridized carbons (Fsp3) is 0.0909. The molecule has 0 saturated heterocycles. The molecule has 0 fully saturated rings. The zero-order valence-electron chi connectivity index (χ0n) is 9.55. The lowest BCUT2D eigenvalue weighted by Gasteiger charge is -2.10. The Hall–Kier alpha value is -0.750. The number of benzene rings is 1. The van der Waals surface area contributed by atoms with E-state index in [0.29, 0.717) is 37.0 Å². The van der Waals surface area contributed by atoms with Gasteiger partial charge in [0.25, 0.3) is 0 Å². The highest BCUT2D eigenvalue weighted by molar-refractivity contribution is 9.10. The Morgan fingerprint density at radius 3 is 2.47 bits per heavy atom. The van der Waals surface area contributed by atoms with Crippen LogP contribution in [0.3, 0.4) is 0 Å². The molecule has 1 heterocycles.